The van der Waals surface area contributed by atoms with Crippen molar-refractivity contribution < 1.29 is 0 Å². The molecule has 1 atom stereocenters. The lowest BCUT2D eigenvalue weighted by atomic mass is 10.0. The molecular weight excluding hydrogens is 212 g/mol. The fourth-order valence-electron chi connectivity index (χ4n) is 2.02. The monoisotopic (exact) mass is 244 g/mol. The lowest BCUT2D eigenvalue weighted by Gasteiger charge is -2.10. The Morgan fingerprint density at radius 3 is 1.59 bits per heavy atom. The van der Waals surface area contributed by atoms with Crippen LogP contribution in [-0.2, 0) is 0 Å². The maximum atomic E-state index is 5.97. The number of unbranched alkanes of at least 4 members (excludes halogenated alkanes) is 5. The highest BCUT2D eigenvalue weighted by atomic mass is 14.8. The molecule has 0 rings (SSSR count). The van der Waals surface area contributed by atoms with E-state index in [1.165, 1.54) is 32.1 Å². The average Bonchev–Trinajstić information content (AvgIpc) is 2.29. The van der Waals surface area contributed by atoms with Crippen LogP contribution in [0.25, 0.3) is 0 Å². The van der Waals surface area contributed by atoms with Crippen LogP contribution >= 0.6 is 0 Å². The van der Waals surface area contributed by atoms with Gasteiger partial charge in [0.05, 0.1) is 6.17 Å². The van der Waals surface area contributed by atoms with Gasteiger partial charge in [-0.25, -0.2) is 0 Å². The molecule has 0 aliphatic heterocycles. The van der Waals surface area contributed by atoms with E-state index >= 15 is 0 Å². The first-order valence-corrected chi connectivity index (χ1v) is 7.13. The molecule has 4 nitrogen and oxygen atoms in total. The SMILES string of the molecule is NCCCC(N)CCCCCCCCC(N)N. The summed E-state index contributed by atoms with van der Waals surface area (Å²) in [6, 6.07) is 0.355. The van der Waals surface area contributed by atoms with E-state index in [4.69, 9.17) is 22.9 Å². The molecule has 4 heteroatoms. The Labute approximate surface area is 106 Å². The van der Waals surface area contributed by atoms with E-state index in [2.05, 4.69) is 0 Å². The molecule has 0 heterocycles. The Balaban J connectivity index is 3.07. The van der Waals surface area contributed by atoms with Gasteiger partial charge in [-0.2, -0.15) is 0 Å². The van der Waals surface area contributed by atoms with Crippen LogP contribution < -0.4 is 22.9 Å². The zero-order chi connectivity index (χ0) is 12.9. The van der Waals surface area contributed by atoms with Gasteiger partial charge in [0.1, 0.15) is 0 Å². The largest absolute Gasteiger partial charge is 0.330 e. The van der Waals surface area contributed by atoms with Crippen molar-refractivity contribution in [1.82, 2.24) is 0 Å². The Bertz CT molecular complexity index is 150. The molecular formula is C13H32N4. The normalized spacial score (nSPS) is 13.2. The Morgan fingerprint density at radius 1 is 0.588 bits per heavy atom. The maximum Gasteiger partial charge on any atom is 0.0520 e. The van der Waals surface area contributed by atoms with Crippen LogP contribution in [0.1, 0.15) is 64.2 Å². The highest BCUT2D eigenvalue weighted by Crippen LogP contribution is 2.10. The first-order chi connectivity index (χ1) is 8.16. The molecule has 0 aromatic carbocycles. The van der Waals surface area contributed by atoms with Crippen LogP contribution in [0.2, 0.25) is 0 Å². The van der Waals surface area contributed by atoms with Gasteiger partial charge >= 0.3 is 0 Å². The fraction of sp³-hybridized carbons (Fsp3) is 1.00. The smallest absolute Gasteiger partial charge is 0.0520 e. The van der Waals surface area contributed by atoms with Crippen LogP contribution in [0.5, 0.6) is 0 Å². The Hall–Kier alpha value is -0.160. The minimum Gasteiger partial charge on any atom is -0.330 e. The average molecular weight is 244 g/mol. The molecule has 0 radical (unpaired) electrons. The van der Waals surface area contributed by atoms with Crippen molar-refractivity contribution >= 4 is 0 Å². The van der Waals surface area contributed by atoms with Crippen LogP contribution in [0.3, 0.4) is 0 Å². The summed E-state index contributed by atoms with van der Waals surface area (Å²) in [5.41, 5.74) is 22.4. The molecule has 0 fully saturated rings. The van der Waals surface area contributed by atoms with Gasteiger partial charge in [0, 0.05) is 6.04 Å². The third-order valence-electron chi connectivity index (χ3n) is 3.14. The molecule has 0 aliphatic rings. The third-order valence-corrected chi connectivity index (χ3v) is 3.14. The molecule has 0 saturated carbocycles. The van der Waals surface area contributed by atoms with Crippen LogP contribution in [0.15, 0.2) is 0 Å². The summed E-state index contributed by atoms with van der Waals surface area (Å²) in [4.78, 5) is 0. The maximum absolute atomic E-state index is 5.97. The van der Waals surface area contributed by atoms with Crippen molar-refractivity contribution in [2.45, 2.75) is 76.4 Å². The van der Waals surface area contributed by atoms with Crippen LogP contribution in [0.4, 0.5) is 0 Å². The second-order valence-electron chi connectivity index (χ2n) is 5.05. The zero-order valence-electron chi connectivity index (χ0n) is 11.2. The molecule has 0 aromatic rings. The first-order valence-electron chi connectivity index (χ1n) is 7.13. The van der Waals surface area contributed by atoms with Gasteiger partial charge in [0.2, 0.25) is 0 Å². The summed E-state index contributed by atoms with van der Waals surface area (Å²) in [5, 5.41) is 0. The number of nitrogens with two attached hydrogens (primary N) is 4. The first kappa shape index (κ1) is 16.8. The minimum absolute atomic E-state index is 0.129. The van der Waals surface area contributed by atoms with Crippen LogP contribution in [0, 0.1) is 0 Å². The molecule has 0 spiro atoms. The highest BCUT2D eigenvalue weighted by Gasteiger charge is 2.01. The highest BCUT2D eigenvalue weighted by molar-refractivity contribution is 4.61. The van der Waals surface area contributed by atoms with Crippen molar-refractivity contribution in [1.29, 1.82) is 0 Å². The van der Waals surface area contributed by atoms with Crippen molar-refractivity contribution in [3.63, 3.8) is 0 Å². The van der Waals surface area contributed by atoms with Crippen molar-refractivity contribution in [3.8, 4) is 0 Å². The Morgan fingerprint density at radius 2 is 1.06 bits per heavy atom. The van der Waals surface area contributed by atoms with E-state index in [1.54, 1.807) is 0 Å². The number of rotatable bonds is 12. The van der Waals surface area contributed by atoms with Gasteiger partial charge in [-0.3, -0.25) is 0 Å². The molecule has 1 unspecified atom stereocenters. The lowest BCUT2D eigenvalue weighted by molar-refractivity contribution is 0.494. The quantitative estimate of drug-likeness (QED) is 0.308. The van der Waals surface area contributed by atoms with E-state index in [9.17, 15) is 0 Å². The van der Waals surface area contributed by atoms with Gasteiger partial charge in [0.15, 0.2) is 0 Å². The predicted molar refractivity (Wildman–Crippen MR) is 75.4 cm³/mol. The summed E-state index contributed by atoms with van der Waals surface area (Å²) in [6.45, 7) is 0.761. The second kappa shape index (κ2) is 12.3. The van der Waals surface area contributed by atoms with E-state index < -0.39 is 0 Å². The lowest BCUT2D eigenvalue weighted by Crippen LogP contribution is -2.29. The van der Waals surface area contributed by atoms with Gasteiger partial charge in [-0.15, -0.1) is 0 Å². The van der Waals surface area contributed by atoms with Crippen molar-refractivity contribution in [2.75, 3.05) is 6.54 Å². The van der Waals surface area contributed by atoms with Gasteiger partial charge < -0.3 is 22.9 Å². The molecule has 17 heavy (non-hydrogen) atoms. The summed E-state index contributed by atoms with van der Waals surface area (Å²) in [6.07, 6.45) is 11.7. The fourth-order valence-corrected chi connectivity index (χ4v) is 2.02. The van der Waals surface area contributed by atoms with E-state index in [-0.39, 0.29) is 6.17 Å². The predicted octanol–water partition coefficient (Wildman–Crippen LogP) is 1.42. The molecule has 8 N–H and O–H groups in total. The molecule has 0 aliphatic carbocycles. The number of hydrogen-bond donors (Lipinski definition) is 4. The van der Waals surface area contributed by atoms with Crippen molar-refractivity contribution in [3.05, 3.63) is 0 Å². The van der Waals surface area contributed by atoms with E-state index in [0.29, 0.717) is 6.04 Å². The summed E-state index contributed by atoms with van der Waals surface area (Å²) in [5.74, 6) is 0. The molecule has 104 valence electrons. The van der Waals surface area contributed by atoms with Crippen molar-refractivity contribution in [2.24, 2.45) is 22.9 Å². The van der Waals surface area contributed by atoms with E-state index in [0.717, 1.165) is 38.6 Å². The van der Waals surface area contributed by atoms with Gasteiger partial charge in [-0.1, -0.05) is 38.5 Å². The second-order valence-corrected chi connectivity index (χ2v) is 5.05. The molecule has 0 aromatic heterocycles. The topological polar surface area (TPSA) is 104 Å². The molecule has 0 saturated heterocycles. The standard InChI is InChI=1S/C13H32N4/c14-11-7-9-12(15)8-5-3-1-2-4-6-10-13(16)17/h12-13H,1-11,14-17H2. The van der Waals surface area contributed by atoms with Crippen LogP contribution in [-0.4, -0.2) is 18.8 Å². The minimum atomic E-state index is -0.129. The third kappa shape index (κ3) is 13.8. The summed E-state index contributed by atoms with van der Waals surface area (Å²) < 4.78 is 0. The summed E-state index contributed by atoms with van der Waals surface area (Å²) in [7, 11) is 0. The number of hydrogen-bond acceptors (Lipinski definition) is 4. The summed E-state index contributed by atoms with van der Waals surface area (Å²) >= 11 is 0. The molecule has 0 amide bonds. The zero-order valence-corrected chi connectivity index (χ0v) is 11.2. The van der Waals surface area contributed by atoms with Gasteiger partial charge in [-0.05, 0) is 32.2 Å². The molecule has 0 bridgehead atoms. The Kier molecular flexibility index (Phi) is 12.2. The van der Waals surface area contributed by atoms with Gasteiger partial charge in [0.25, 0.3) is 0 Å². The van der Waals surface area contributed by atoms with E-state index in [1.807, 2.05) is 0 Å².